The summed E-state index contributed by atoms with van der Waals surface area (Å²) in [5.74, 6) is -0.379. The van der Waals surface area contributed by atoms with Gasteiger partial charge in [0.1, 0.15) is 6.61 Å². The smallest absolute Gasteiger partial charge is 0.330 e. The number of amides is 1. The molecule has 1 rings (SSSR count). The Hall–Kier alpha value is -1.28. The average molecular weight is 389 g/mol. The zero-order valence-corrected chi connectivity index (χ0v) is 16.1. The van der Waals surface area contributed by atoms with Gasteiger partial charge in [0.25, 0.3) is 0 Å². The van der Waals surface area contributed by atoms with E-state index in [0.717, 1.165) is 10.6 Å². The van der Waals surface area contributed by atoms with Gasteiger partial charge in [0, 0.05) is 26.7 Å². The lowest BCUT2D eigenvalue weighted by molar-refractivity contribution is -0.183. The summed E-state index contributed by atoms with van der Waals surface area (Å²) in [4.78, 5) is 16.6. The molecule has 2 N–H and O–H groups in total. The second kappa shape index (κ2) is 12.2. The van der Waals surface area contributed by atoms with E-state index in [-0.39, 0.29) is 44.7 Å². The summed E-state index contributed by atoms with van der Waals surface area (Å²) in [7, 11) is -0.597. The molecule has 148 valence electrons. The summed E-state index contributed by atoms with van der Waals surface area (Å²) >= 11 is 0. The van der Waals surface area contributed by atoms with Gasteiger partial charge >= 0.3 is 7.60 Å². The second-order valence-corrected chi connectivity index (χ2v) is 8.29. The molecular formula is C17H28NO7P. The van der Waals surface area contributed by atoms with Crippen molar-refractivity contribution in [1.82, 2.24) is 5.06 Å². The molecule has 0 saturated carbocycles. The molecule has 0 saturated heterocycles. The average Bonchev–Trinajstić information content (AvgIpc) is 2.69. The van der Waals surface area contributed by atoms with Crippen molar-refractivity contribution in [1.29, 1.82) is 0 Å². The third kappa shape index (κ3) is 8.40. The monoisotopic (exact) mass is 389 g/mol. The van der Waals surface area contributed by atoms with Crippen molar-refractivity contribution in [2.45, 2.75) is 25.6 Å². The van der Waals surface area contributed by atoms with Crippen molar-refractivity contribution in [3.05, 3.63) is 35.9 Å². The van der Waals surface area contributed by atoms with Crippen LogP contribution < -0.4 is 0 Å². The quantitative estimate of drug-likeness (QED) is 0.284. The van der Waals surface area contributed by atoms with Crippen molar-refractivity contribution in [3.8, 4) is 0 Å². The minimum absolute atomic E-state index is 0.0707. The van der Waals surface area contributed by atoms with E-state index in [1.807, 2.05) is 30.3 Å². The first-order chi connectivity index (χ1) is 12.5. The predicted octanol–water partition coefficient (Wildman–Crippen LogP) is 1.81. The minimum Gasteiger partial charge on any atom is -0.396 e. The molecule has 1 amide bonds. The zero-order chi connectivity index (χ0) is 19.4. The molecule has 0 fully saturated rings. The van der Waals surface area contributed by atoms with Crippen LogP contribution in [0, 0.1) is 5.92 Å². The Labute approximate surface area is 154 Å². The van der Waals surface area contributed by atoms with Gasteiger partial charge in [-0.3, -0.25) is 14.2 Å². The van der Waals surface area contributed by atoms with Gasteiger partial charge in [-0.15, -0.1) is 0 Å². The first-order valence-electron chi connectivity index (χ1n) is 8.34. The Morgan fingerprint density at radius 3 is 2.42 bits per heavy atom. The number of hydrogen-bond acceptors (Lipinski definition) is 7. The van der Waals surface area contributed by atoms with Crippen LogP contribution in [0.2, 0.25) is 0 Å². The highest BCUT2D eigenvalue weighted by Crippen LogP contribution is 2.47. The topological polar surface area (TPSA) is 106 Å². The van der Waals surface area contributed by atoms with Crippen LogP contribution in [0.5, 0.6) is 0 Å². The molecule has 1 aromatic carbocycles. The fraction of sp³-hybridized carbons (Fsp3) is 0.588. The van der Waals surface area contributed by atoms with Gasteiger partial charge in [-0.25, -0.2) is 5.06 Å². The number of aliphatic hydroxyl groups is 2. The van der Waals surface area contributed by atoms with Crippen LogP contribution in [0.25, 0.3) is 0 Å². The molecule has 0 aliphatic rings. The number of hydroxylamine groups is 2. The Morgan fingerprint density at radius 2 is 1.88 bits per heavy atom. The van der Waals surface area contributed by atoms with E-state index >= 15 is 0 Å². The highest BCUT2D eigenvalue weighted by atomic mass is 31.2. The summed E-state index contributed by atoms with van der Waals surface area (Å²) in [6.45, 7) is 0.142. The zero-order valence-electron chi connectivity index (χ0n) is 15.2. The van der Waals surface area contributed by atoms with E-state index in [1.54, 1.807) is 0 Å². The molecule has 0 aliphatic heterocycles. The maximum atomic E-state index is 12.0. The van der Waals surface area contributed by atoms with Gasteiger partial charge in [-0.2, -0.15) is 0 Å². The van der Waals surface area contributed by atoms with Gasteiger partial charge < -0.3 is 19.3 Å². The molecule has 0 heterocycles. The fourth-order valence-corrected chi connectivity index (χ4v) is 3.51. The molecule has 8 nitrogen and oxygen atoms in total. The van der Waals surface area contributed by atoms with Gasteiger partial charge in [0.15, 0.2) is 0 Å². The van der Waals surface area contributed by atoms with Crippen molar-refractivity contribution in [2.24, 2.45) is 5.92 Å². The summed E-state index contributed by atoms with van der Waals surface area (Å²) in [5, 5.41) is 20.7. The molecule has 0 unspecified atom stereocenters. The Morgan fingerprint density at radius 1 is 1.23 bits per heavy atom. The largest absolute Gasteiger partial charge is 0.396 e. The normalized spacial score (nSPS) is 14.0. The number of nitrogens with zero attached hydrogens (tertiary/aromatic N) is 1. The van der Waals surface area contributed by atoms with Gasteiger partial charge in [-0.1, -0.05) is 30.3 Å². The lowest BCUT2D eigenvalue weighted by atomic mass is 10.0. The van der Waals surface area contributed by atoms with E-state index in [9.17, 15) is 19.6 Å². The van der Waals surface area contributed by atoms with E-state index in [4.69, 9.17) is 13.9 Å². The molecule has 2 atom stereocenters. The SMILES string of the molecule is COP(=O)(CC[C@@H](O)C[C@@H](CO)CN(C=O)OCc1ccccc1)OC. The highest BCUT2D eigenvalue weighted by molar-refractivity contribution is 7.53. The summed E-state index contributed by atoms with van der Waals surface area (Å²) < 4.78 is 21.6. The fourth-order valence-electron chi connectivity index (χ4n) is 2.39. The van der Waals surface area contributed by atoms with Crippen LogP contribution in [0.15, 0.2) is 30.3 Å². The first kappa shape index (κ1) is 22.8. The van der Waals surface area contributed by atoms with E-state index < -0.39 is 13.7 Å². The predicted molar refractivity (Wildman–Crippen MR) is 96.3 cm³/mol. The molecule has 0 bridgehead atoms. The van der Waals surface area contributed by atoms with Crippen LogP contribution in [-0.4, -0.2) is 61.3 Å². The number of hydrogen-bond donors (Lipinski definition) is 2. The summed E-state index contributed by atoms with van der Waals surface area (Å²) in [5.41, 5.74) is 0.912. The van der Waals surface area contributed by atoms with E-state index in [2.05, 4.69) is 0 Å². The second-order valence-electron chi connectivity index (χ2n) is 5.89. The van der Waals surface area contributed by atoms with E-state index in [0.29, 0.717) is 6.41 Å². The molecule has 26 heavy (non-hydrogen) atoms. The van der Waals surface area contributed by atoms with Crippen LogP contribution in [0.1, 0.15) is 18.4 Å². The third-order valence-electron chi connectivity index (χ3n) is 3.95. The van der Waals surface area contributed by atoms with E-state index in [1.165, 1.54) is 14.2 Å². The molecule has 9 heteroatoms. The number of rotatable bonds is 14. The first-order valence-corrected chi connectivity index (χ1v) is 10.1. The molecule has 0 spiro atoms. The molecule has 0 aliphatic carbocycles. The molecule has 0 aromatic heterocycles. The number of benzene rings is 1. The van der Waals surface area contributed by atoms with Crippen molar-refractivity contribution in [3.63, 3.8) is 0 Å². The van der Waals surface area contributed by atoms with Crippen LogP contribution in [0.4, 0.5) is 0 Å². The minimum atomic E-state index is -3.18. The van der Waals surface area contributed by atoms with Gasteiger partial charge in [-0.05, 0) is 18.4 Å². The maximum Gasteiger partial charge on any atom is 0.330 e. The number of aliphatic hydroxyl groups excluding tert-OH is 2. The van der Waals surface area contributed by atoms with Crippen molar-refractivity contribution in [2.75, 3.05) is 33.5 Å². The standard InChI is InChI=1S/C17H28NO7P/c1-23-26(22,24-2)9-8-17(21)10-16(12-19)11-18(14-20)25-13-15-6-4-3-5-7-15/h3-7,14,16-17,19,21H,8-13H2,1-2H3/t16-,17-/m1/s1. The number of carbonyl (C=O) groups excluding carboxylic acids is 1. The highest BCUT2D eigenvalue weighted by Gasteiger charge is 2.24. The number of carbonyl (C=O) groups is 1. The molecular weight excluding hydrogens is 361 g/mol. The molecule has 1 aromatic rings. The maximum absolute atomic E-state index is 12.0. The Kier molecular flexibility index (Phi) is 10.7. The van der Waals surface area contributed by atoms with Crippen molar-refractivity contribution < 1.29 is 33.5 Å². The lowest BCUT2D eigenvalue weighted by Gasteiger charge is -2.24. The third-order valence-corrected chi connectivity index (χ3v) is 5.87. The van der Waals surface area contributed by atoms with Crippen LogP contribution in [0.3, 0.4) is 0 Å². The van der Waals surface area contributed by atoms with Gasteiger partial charge in [0.2, 0.25) is 6.41 Å². The van der Waals surface area contributed by atoms with Crippen molar-refractivity contribution >= 4 is 14.0 Å². The Balaban J connectivity index is 2.45. The summed E-state index contributed by atoms with van der Waals surface area (Å²) in [6, 6.07) is 9.38. The molecule has 0 radical (unpaired) electrons. The summed E-state index contributed by atoms with van der Waals surface area (Å²) in [6.07, 6.45) is 0.224. The lowest BCUT2D eigenvalue weighted by Crippen LogP contribution is -2.32. The van der Waals surface area contributed by atoms with Crippen LogP contribution in [-0.2, 0) is 29.9 Å². The Bertz CT molecular complexity index is 549. The van der Waals surface area contributed by atoms with Gasteiger partial charge in [0.05, 0.1) is 18.8 Å². The van der Waals surface area contributed by atoms with Crippen LogP contribution >= 0.6 is 7.60 Å².